The number of nitrogens with one attached hydrogen (secondary N) is 1. The maximum atomic E-state index is 13.3. The molecule has 0 radical (unpaired) electrons. The molecule has 2 amide bonds. The van der Waals surface area contributed by atoms with E-state index in [1.165, 1.54) is 30.1 Å². The molecule has 0 saturated carbocycles. The summed E-state index contributed by atoms with van der Waals surface area (Å²) < 4.78 is 24.3. The Morgan fingerprint density at radius 3 is 2.41 bits per heavy atom. The second kappa shape index (κ2) is 9.56. The summed E-state index contributed by atoms with van der Waals surface area (Å²) >= 11 is 0. The molecular formula is C20H23FN2O4. The van der Waals surface area contributed by atoms with Crippen LogP contribution in [-0.4, -0.2) is 43.5 Å². The smallest absolute Gasteiger partial charge is 0.254 e. The summed E-state index contributed by atoms with van der Waals surface area (Å²) in [4.78, 5) is 25.8. The number of anilines is 1. The zero-order valence-corrected chi connectivity index (χ0v) is 15.6. The Labute approximate surface area is 157 Å². The Kier molecular flexibility index (Phi) is 7.16. The summed E-state index contributed by atoms with van der Waals surface area (Å²) in [6.45, 7) is 4.51. The van der Waals surface area contributed by atoms with Crippen LogP contribution in [0.5, 0.6) is 11.5 Å². The molecule has 144 valence electrons. The molecule has 2 aromatic carbocycles. The molecule has 0 aliphatic carbocycles. The summed E-state index contributed by atoms with van der Waals surface area (Å²) in [6.07, 6.45) is 0. The number of hydrogen-bond donors (Lipinski definition) is 1. The van der Waals surface area contributed by atoms with E-state index in [1.807, 2.05) is 13.8 Å². The number of amides is 2. The van der Waals surface area contributed by atoms with Crippen LogP contribution in [0.15, 0.2) is 42.5 Å². The lowest BCUT2D eigenvalue weighted by molar-refractivity contribution is -0.116. The van der Waals surface area contributed by atoms with E-state index < -0.39 is 11.7 Å². The van der Waals surface area contributed by atoms with Gasteiger partial charge < -0.3 is 19.7 Å². The van der Waals surface area contributed by atoms with Crippen molar-refractivity contribution in [1.29, 1.82) is 0 Å². The molecule has 0 heterocycles. The van der Waals surface area contributed by atoms with Crippen molar-refractivity contribution in [2.75, 3.05) is 32.1 Å². The average molecular weight is 374 g/mol. The van der Waals surface area contributed by atoms with Gasteiger partial charge in [-0.05, 0) is 44.2 Å². The minimum absolute atomic E-state index is 0.174. The molecule has 0 aliphatic heterocycles. The highest BCUT2D eigenvalue weighted by molar-refractivity contribution is 5.99. The lowest BCUT2D eigenvalue weighted by Gasteiger charge is -2.17. The van der Waals surface area contributed by atoms with E-state index in [-0.39, 0.29) is 18.0 Å². The number of carbonyl (C=O) groups is 2. The second-order valence-electron chi connectivity index (χ2n) is 5.75. The third kappa shape index (κ3) is 5.70. The molecule has 0 unspecified atom stereocenters. The lowest BCUT2D eigenvalue weighted by atomic mass is 10.2. The maximum absolute atomic E-state index is 13.3. The Balaban J connectivity index is 2.02. The number of ether oxygens (including phenoxy) is 2. The second-order valence-corrected chi connectivity index (χ2v) is 5.75. The Bertz CT molecular complexity index is 810. The van der Waals surface area contributed by atoms with Gasteiger partial charge in [0.2, 0.25) is 5.91 Å². The van der Waals surface area contributed by atoms with Crippen molar-refractivity contribution in [2.45, 2.75) is 13.8 Å². The third-order valence-corrected chi connectivity index (χ3v) is 3.63. The Morgan fingerprint density at radius 1 is 1.04 bits per heavy atom. The van der Waals surface area contributed by atoms with Gasteiger partial charge in [0.15, 0.2) is 11.5 Å². The minimum Gasteiger partial charge on any atom is -0.490 e. The zero-order valence-electron chi connectivity index (χ0n) is 15.6. The van der Waals surface area contributed by atoms with Gasteiger partial charge in [0.05, 0.1) is 19.8 Å². The first-order chi connectivity index (χ1) is 12.9. The molecule has 6 nitrogen and oxygen atoms in total. The molecular weight excluding hydrogens is 351 g/mol. The summed E-state index contributed by atoms with van der Waals surface area (Å²) in [6, 6.07) is 10.4. The van der Waals surface area contributed by atoms with Crippen LogP contribution < -0.4 is 14.8 Å². The first kappa shape index (κ1) is 20.2. The van der Waals surface area contributed by atoms with Crippen LogP contribution in [0, 0.1) is 5.82 Å². The fourth-order valence-corrected chi connectivity index (χ4v) is 2.46. The molecule has 0 aromatic heterocycles. The lowest BCUT2D eigenvalue weighted by Crippen LogP contribution is -2.35. The fraction of sp³-hybridized carbons (Fsp3) is 0.300. The standard InChI is InChI=1S/C20H23FN2O4/c1-4-26-17-10-9-16(12-18(17)27-5-2)22-19(24)13-23(3)20(25)14-7-6-8-15(21)11-14/h6-12H,4-5,13H2,1-3H3,(H,22,24). The number of halogens is 1. The quantitative estimate of drug-likeness (QED) is 0.770. The molecule has 2 rings (SSSR count). The van der Waals surface area contributed by atoms with Gasteiger partial charge in [-0.1, -0.05) is 6.07 Å². The number of benzene rings is 2. The van der Waals surface area contributed by atoms with E-state index in [2.05, 4.69) is 5.32 Å². The number of likely N-dealkylation sites (N-methyl/N-ethyl adjacent to an activating group) is 1. The summed E-state index contributed by atoms with van der Waals surface area (Å²) in [5, 5.41) is 2.72. The molecule has 1 N–H and O–H groups in total. The SMILES string of the molecule is CCOc1ccc(NC(=O)CN(C)C(=O)c2cccc(F)c2)cc1OCC. The van der Waals surface area contributed by atoms with Crippen molar-refractivity contribution in [3.63, 3.8) is 0 Å². The predicted octanol–water partition coefficient (Wildman–Crippen LogP) is 3.33. The van der Waals surface area contributed by atoms with Crippen molar-refractivity contribution >= 4 is 17.5 Å². The van der Waals surface area contributed by atoms with Crippen molar-refractivity contribution in [3.8, 4) is 11.5 Å². The Morgan fingerprint density at radius 2 is 1.74 bits per heavy atom. The number of rotatable bonds is 8. The summed E-state index contributed by atoms with van der Waals surface area (Å²) in [5.41, 5.74) is 0.712. The van der Waals surface area contributed by atoms with Crippen molar-refractivity contribution in [3.05, 3.63) is 53.8 Å². The van der Waals surface area contributed by atoms with Gasteiger partial charge in [-0.3, -0.25) is 9.59 Å². The maximum Gasteiger partial charge on any atom is 0.254 e. The predicted molar refractivity (Wildman–Crippen MR) is 101 cm³/mol. The van der Waals surface area contributed by atoms with Gasteiger partial charge in [0, 0.05) is 24.4 Å². The van der Waals surface area contributed by atoms with Crippen LogP contribution in [0.2, 0.25) is 0 Å². The summed E-state index contributed by atoms with van der Waals surface area (Å²) in [5.74, 6) is -0.200. The molecule has 0 aliphatic rings. The highest BCUT2D eigenvalue weighted by Crippen LogP contribution is 2.30. The van der Waals surface area contributed by atoms with E-state index >= 15 is 0 Å². The molecule has 27 heavy (non-hydrogen) atoms. The minimum atomic E-state index is -0.503. The fourth-order valence-electron chi connectivity index (χ4n) is 2.46. The first-order valence-electron chi connectivity index (χ1n) is 8.65. The molecule has 0 bridgehead atoms. The van der Waals surface area contributed by atoms with Crippen LogP contribution in [0.4, 0.5) is 10.1 Å². The van der Waals surface area contributed by atoms with Crippen LogP contribution in [0.25, 0.3) is 0 Å². The van der Waals surface area contributed by atoms with Crippen LogP contribution in [-0.2, 0) is 4.79 Å². The monoisotopic (exact) mass is 374 g/mol. The van der Waals surface area contributed by atoms with Gasteiger partial charge in [-0.15, -0.1) is 0 Å². The van der Waals surface area contributed by atoms with Crippen LogP contribution in [0.1, 0.15) is 24.2 Å². The molecule has 0 spiro atoms. The van der Waals surface area contributed by atoms with E-state index in [0.29, 0.717) is 30.4 Å². The van der Waals surface area contributed by atoms with Gasteiger partial charge >= 0.3 is 0 Å². The van der Waals surface area contributed by atoms with Gasteiger partial charge in [-0.25, -0.2) is 4.39 Å². The average Bonchev–Trinajstić information content (AvgIpc) is 2.63. The van der Waals surface area contributed by atoms with E-state index in [4.69, 9.17) is 9.47 Å². The van der Waals surface area contributed by atoms with Crippen molar-refractivity contribution < 1.29 is 23.5 Å². The Hall–Kier alpha value is -3.09. The van der Waals surface area contributed by atoms with Crippen LogP contribution >= 0.6 is 0 Å². The van der Waals surface area contributed by atoms with E-state index in [9.17, 15) is 14.0 Å². The first-order valence-corrected chi connectivity index (χ1v) is 8.65. The third-order valence-electron chi connectivity index (χ3n) is 3.63. The van der Waals surface area contributed by atoms with Gasteiger partial charge in [-0.2, -0.15) is 0 Å². The number of hydrogen-bond acceptors (Lipinski definition) is 4. The molecule has 2 aromatic rings. The van der Waals surface area contributed by atoms with Crippen LogP contribution in [0.3, 0.4) is 0 Å². The normalized spacial score (nSPS) is 10.2. The van der Waals surface area contributed by atoms with E-state index in [0.717, 1.165) is 6.07 Å². The number of carbonyl (C=O) groups excluding carboxylic acids is 2. The summed E-state index contributed by atoms with van der Waals surface area (Å²) in [7, 11) is 1.48. The van der Waals surface area contributed by atoms with E-state index in [1.54, 1.807) is 18.2 Å². The molecule has 0 fully saturated rings. The molecule has 0 saturated heterocycles. The highest BCUT2D eigenvalue weighted by Gasteiger charge is 2.16. The molecule has 7 heteroatoms. The largest absolute Gasteiger partial charge is 0.490 e. The van der Waals surface area contributed by atoms with Crippen molar-refractivity contribution in [1.82, 2.24) is 4.90 Å². The molecule has 0 atom stereocenters. The van der Waals surface area contributed by atoms with Gasteiger partial charge in [0.1, 0.15) is 5.82 Å². The topological polar surface area (TPSA) is 67.9 Å². The highest BCUT2D eigenvalue weighted by atomic mass is 19.1. The number of nitrogens with zero attached hydrogens (tertiary/aromatic N) is 1. The zero-order chi connectivity index (χ0) is 19.8. The van der Waals surface area contributed by atoms with Crippen molar-refractivity contribution in [2.24, 2.45) is 0 Å². The van der Waals surface area contributed by atoms with Gasteiger partial charge in [0.25, 0.3) is 5.91 Å².